The maximum absolute atomic E-state index is 6.45. The summed E-state index contributed by atoms with van der Waals surface area (Å²) in [6.07, 6.45) is 0. The molecule has 0 N–H and O–H groups in total. The van der Waals surface area contributed by atoms with Crippen molar-refractivity contribution in [1.82, 2.24) is 0 Å². The summed E-state index contributed by atoms with van der Waals surface area (Å²) in [5.74, 6) is 0. The third-order valence-corrected chi connectivity index (χ3v) is 13.8. The van der Waals surface area contributed by atoms with E-state index < -0.39 is 0 Å². The van der Waals surface area contributed by atoms with Crippen molar-refractivity contribution < 1.29 is 8.83 Å². The molecule has 0 unspecified atom stereocenters. The molecule has 0 saturated heterocycles. The molecule has 4 nitrogen and oxygen atoms in total. The normalized spacial score (nSPS) is 11.8. The van der Waals surface area contributed by atoms with Crippen molar-refractivity contribution in [3.05, 3.63) is 243 Å². The zero-order valence-electron chi connectivity index (χ0n) is 36.8. The molecule has 68 heavy (non-hydrogen) atoms. The van der Waals surface area contributed by atoms with Gasteiger partial charge in [0.2, 0.25) is 0 Å². The summed E-state index contributed by atoms with van der Waals surface area (Å²) in [6, 6.07) is 87.0. The van der Waals surface area contributed by atoms with E-state index in [1.807, 2.05) is 24.3 Å². The van der Waals surface area contributed by atoms with Crippen LogP contribution in [0.25, 0.3) is 98.4 Å². The largest absolute Gasteiger partial charge is 0.455 e. The minimum atomic E-state index is 0.903. The van der Waals surface area contributed by atoms with Crippen molar-refractivity contribution in [3.63, 3.8) is 0 Å². The third kappa shape index (κ3) is 6.01. The number of anilines is 6. The Kier molecular flexibility index (Phi) is 8.55. The van der Waals surface area contributed by atoms with Crippen LogP contribution in [0.2, 0.25) is 0 Å². The number of benzene rings is 12. The first-order chi connectivity index (χ1) is 33.7. The molecule has 0 saturated carbocycles. The van der Waals surface area contributed by atoms with Gasteiger partial charge in [-0.15, -0.1) is 0 Å². The predicted molar refractivity (Wildman–Crippen MR) is 285 cm³/mol. The Balaban J connectivity index is 0.874. The third-order valence-electron chi connectivity index (χ3n) is 13.8. The highest BCUT2D eigenvalue weighted by molar-refractivity contribution is 6.26. The second kappa shape index (κ2) is 15.2. The molecule has 0 amide bonds. The zero-order chi connectivity index (χ0) is 44.7. The van der Waals surface area contributed by atoms with E-state index in [0.717, 1.165) is 100 Å². The lowest BCUT2D eigenvalue weighted by molar-refractivity contribution is 0.669. The maximum Gasteiger partial charge on any atom is 0.143 e. The number of fused-ring (bicyclic) bond motifs is 6. The molecule has 0 spiro atoms. The molecule has 2 aromatic heterocycles. The topological polar surface area (TPSA) is 32.8 Å². The van der Waals surface area contributed by atoms with Gasteiger partial charge in [0.1, 0.15) is 22.3 Å². The zero-order valence-corrected chi connectivity index (χ0v) is 36.8. The van der Waals surface area contributed by atoms with Gasteiger partial charge in [0.25, 0.3) is 0 Å². The Labute approximate surface area is 392 Å². The average Bonchev–Trinajstić information content (AvgIpc) is 3.99. The van der Waals surface area contributed by atoms with Crippen LogP contribution < -0.4 is 9.80 Å². The summed E-state index contributed by atoms with van der Waals surface area (Å²) in [7, 11) is 0. The van der Waals surface area contributed by atoms with Gasteiger partial charge in [-0.1, -0.05) is 164 Å². The number of para-hydroxylation sites is 6. The summed E-state index contributed by atoms with van der Waals surface area (Å²) in [4.78, 5) is 4.75. The molecule has 0 bridgehead atoms. The Morgan fingerprint density at radius 1 is 0.265 bits per heavy atom. The van der Waals surface area contributed by atoms with Crippen molar-refractivity contribution in [2.75, 3.05) is 9.80 Å². The average molecular weight is 869 g/mol. The van der Waals surface area contributed by atoms with Crippen molar-refractivity contribution in [3.8, 4) is 22.3 Å². The molecule has 0 fully saturated rings. The number of nitrogens with zero attached hydrogens (tertiary/aromatic N) is 2. The summed E-state index contributed by atoms with van der Waals surface area (Å²) in [5, 5.41) is 11.8. The molecule has 4 heteroatoms. The summed E-state index contributed by atoms with van der Waals surface area (Å²) in [5.41, 5.74) is 14.6. The first-order valence-electron chi connectivity index (χ1n) is 23.2. The van der Waals surface area contributed by atoms with Gasteiger partial charge >= 0.3 is 0 Å². The second-order valence-corrected chi connectivity index (χ2v) is 17.6. The second-order valence-electron chi connectivity index (χ2n) is 17.6. The summed E-state index contributed by atoms with van der Waals surface area (Å²) >= 11 is 0. The van der Waals surface area contributed by atoms with Crippen LogP contribution in [0.1, 0.15) is 0 Å². The minimum absolute atomic E-state index is 0.903. The van der Waals surface area contributed by atoms with Crippen molar-refractivity contribution in [2.45, 2.75) is 0 Å². The van der Waals surface area contributed by atoms with Crippen LogP contribution >= 0.6 is 0 Å². The summed E-state index contributed by atoms with van der Waals surface area (Å²) in [6.45, 7) is 0. The van der Waals surface area contributed by atoms with E-state index in [1.165, 1.54) is 32.3 Å². The molecule has 318 valence electrons. The number of rotatable bonds is 8. The van der Waals surface area contributed by atoms with Crippen molar-refractivity contribution in [1.29, 1.82) is 0 Å². The molecule has 2 heterocycles. The standard InChI is InChI=1S/C64H40N2O2/c1-3-13-46(14-4-1)65(48-33-27-41(28-34-48)51-19-11-21-55-53-17-7-9-23-59(53)67-63(51)55)50-39-44-26-25-43-32-38-58(57-37-31-45(40-50)61(44)62(43)57)66(47-15-5-2-6-16-47)49-35-29-42(30-36-49)52-20-12-22-56-54-18-8-10-24-60(54)68-64(52)56/h1-40H. The first-order valence-corrected chi connectivity index (χ1v) is 23.2. The fourth-order valence-corrected chi connectivity index (χ4v) is 10.7. The number of furan rings is 2. The molecule has 0 aliphatic heterocycles. The molecular weight excluding hydrogens is 829 g/mol. The van der Waals surface area contributed by atoms with Crippen LogP contribution in [0.15, 0.2) is 251 Å². The van der Waals surface area contributed by atoms with Gasteiger partial charge in [-0.2, -0.15) is 0 Å². The van der Waals surface area contributed by atoms with Gasteiger partial charge in [-0.05, 0) is 117 Å². The molecule has 14 aromatic rings. The highest BCUT2D eigenvalue weighted by Gasteiger charge is 2.22. The summed E-state index contributed by atoms with van der Waals surface area (Å²) < 4.78 is 12.9. The Morgan fingerprint density at radius 2 is 0.706 bits per heavy atom. The Morgan fingerprint density at radius 3 is 1.28 bits per heavy atom. The Bertz CT molecular complexity index is 4170. The monoisotopic (exact) mass is 868 g/mol. The molecular formula is C64H40N2O2. The highest BCUT2D eigenvalue weighted by Crippen LogP contribution is 2.47. The van der Waals surface area contributed by atoms with Crippen LogP contribution in [0.3, 0.4) is 0 Å². The number of hydrogen-bond donors (Lipinski definition) is 0. The van der Waals surface area contributed by atoms with Gasteiger partial charge < -0.3 is 18.6 Å². The van der Waals surface area contributed by atoms with E-state index in [1.54, 1.807) is 0 Å². The highest BCUT2D eigenvalue weighted by atomic mass is 16.3. The van der Waals surface area contributed by atoms with E-state index in [4.69, 9.17) is 8.83 Å². The quantitative estimate of drug-likeness (QED) is 0.142. The fourth-order valence-electron chi connectivity index (χ4n) is 10.7. The van der Waals surface area contributed by atoms with Gasteiger partial charge in [0.05, 0.1) is 5.69 Å². The van der Waals surface area contributed by atoms with Crippen LogP contribution in [-0.4, -0.2) is 0 Å². The van der Waals surface area contributed by atoms with Crippen LogP contribution in [-0.2, 0) is 0 Å². The minimum Gasteiger partial charge on any atom is -0.455 e. The van der Waals surface area contributed by atoms with E-state index in [2.05, 4.69) is 228 Å². The van der Waals surface area contributed by atoms with Gasteiger partial charge in [0.15, 0.2) is 0 Å². The van der Waals surface area contributed by atoms with E-state index in [0.29, 0.717) is 0 Å². The first kappa shape index (κ1) is 38.2. The fraction of sp³-hybridized carbons (Fsp3) is 0. The van der Waals surface area contributed by atoms with Crippen molar-refractivity contribution in [2.24, 2.45) is 0 Å². The molecule has 0 aliphatic carbocycles. The van der Waals surface area contributed by atoms with Gasteiger partial charge in [-0.25, -0.2) is 0 Å². The molecule has 0 radical (unpaired) electrons. The lowest BCUT2D eigenvalue weighted by Crippen LogP contribution is -2.11. The van der Waals surface area contributed by atoms with Gasteiger partial charge in [-0.3, -0.25) is 0 Å². The van der Waals surface area contributed by atoms with Crippen LogP contribution in [0.4, 0.5) is 34.1 Å². The smallest absolute Gasteiger partial charge is 0.143 e. The molecule has 0 aliphatic rings. The SMILES string of the molecule is c1ccc(N(c2ccc(-c3cccc4c3oc3ccccc34)cc2)c2cc3ccc4ccc(N(c5ccccc5)c5ccc(-c6cccc7c6oc6ccccc67)cc5)c5ccc(c2)c3c45)cc1. The lowest BCUT2D eigenvalue weighted by Gasteiger charge is -2.28. The van der Waals surface area contributed by atoms with Crippen LogP contribution in [0.5, 0.6) is 0 Å². The van der Waals surface area contributed by atoms with E-state index in [9.17, 15) is 0 Å². The molecule has 14 rings (SSSR count). The van der Waals surface area contributed by atoms with E-state index >= 15 is 0 Å². The maximum atomic E-state index is 6.45. The van der Waals surface area contributed by atoms with Crippen molar-refractivity contribution >= 4 is 110 Å². The lowest BCUT2D eigenvalue weighted by atomic mass is 9.92. The van der Waals surface area contributed by atoms with Crippen LogP contribution in [0, 0.1) is 0 Å². The van der Waals surface area contributed by atoms with Gasteiger partial charge in [0, 0.05) is 66.5 Å². The van der Waals surface area contributed by atoms with E-state index in [-0.39, 0.29) is 0 Å². The number of hydrogen-bond acceptors (Lipinski definition) is 4. The predicted octanol–water partition coefficient (Wildman–Crippen LogP) is 18.7. The molecule has 12 aromatic carbocycles. The Hall–Kier alpha value is -9.12. The molecule has 0 atom stereocenters.